The van der Waals surface area contributed by atoms with Gasteiger partial charge in [-0.15, -0.1) is 0 Å². The van der Waals surface area contributed by atoms with Crippen LogP contribution < -0.4 is 0 Å². The van der Waals surface area contributed by atoms with Crippen LogP contribution in [0.25, 0.3) is 0 Å². The maximum atomic E-state index is 12.9. The minimum Gasteiger partial charge on any atom is -0.462 e. The molecule has 0 saturated carbocycles. The molecule has 0 aliphatic rings. The van der Waals surface area contributed by atoms with Gasteiger partial charge in [-0.3, -0.25) is 14.4 Å². The van der Waals surface area contributed by atoms with Crippen LogP contribution in [0.4, 0.5) is 0 Å². The van der Waals surface area contributed by atoms with Crippen LogP contribution in [0, 0.1) is 0 Å². The lowest BCUT2D eigenvalue weighted by Gasteiger charge is -2.18. The molecule has 0 aromatic carbocycles. The molecule has 0 aliphatic heterocycles. The zero-order valence-electron chi connectivity index (χ0n) is 52.6. The Bertz CT molecular complexity index is 1610. The van der Waals surface area contributed by atoms with Crippen molar-refractivity contribution in [3.05, 3.63) is 109 Å². The Labute approximate surface area is 495 Å². The molecule has 0 rings (SSSR count). The molecule has 0 fully saturated rings. The molecule has 6 heteroatoms. The Hall–Kier alpha value is -3.93. The highest BCUT2D eigenvalue weighted by Crippen LogP contribution is 2.16. The van der Waals surface area contributed by atoms with Crippen LogP contribution in [-0.4, -0.2) is 37.2 Å². The van der Waals surface area contributed by atoms with Gasteiger partial charge in [0.25, 0.3) is 0 Å². The molecule has 0 aromatic heterocycles. The van der Waals surface area contributed by atoms with Crippen LogP contribution in [0.2, 0.25) is 0 Å². The standard InChI is InChI=1S/C74H126O6/c1-4-7-10-13-16-19-22-25-28-31-34-35-36-37-38-39-41-43-46-49-52-55-58-61-64-67-73(76)79-70-71(69-78-72(75)66-63-60-57-54-51-48-45-42-33-30-27-24-21-18-15-12-9-6-3)80-74(77)68-65-62-59-56-53-50-47-44-40-32-29-26-23-20-17-14-11-8-5-2/h7-8,10-11,16-17,19-20,25-26,28-30,33-35,40,44,71H,4-6,9,12-15,18,21-24,27,31-32,36-39,41-43,45-70H2,1-3H3/b10-7-,11-8-,19-16-,20-17-,28-25-,29-26-,33-30-,35-34-,44-40-. The number of rotatable bonds is 61. The normalized spacial score (nSPS) is 12.8. The molecule has 0 bridgehead atoms. The van der Waals surface area contributed by atoms with E-state index >= 15 is 0 Å². The summed E-state index contributed by atoms with van der Waals surface area (Å²) in [7, 11) is 0. The second-order valence-electron chi connectivity index (χ2n) is 22.3. The lowest BCUT2D eigenvalue weighted by molar-refractivity contribution is -0.167. The third-order valence-corrected chi connectivity index (χ3v) is 14.5. The van der Waals surface area contributed by atoms with Gasteiger partial charge in [-0.25, -0.2) is 0 Å². The van der Waals surface area contributed by atoms with Crippen molar-refractivity contribution in [3.8, 4) is 0 Å². The summed E-state index contributed by atoms with van der Waals surface area (Å²) in [6.07, 6.45) is 92.4. The summed E-state index contributed by atoms with van der Waals surface area (Å²) in [6, 6.07) is 0. The van der Waals surface area contributed by atoms with Crippen LogP contribution >= 0.6 is 0 Å². The third-order valence-electron chi connectivity index (χ3n) is 14.5. The van der Waals surface area contributed by atoms with Crippen molar-refractivity contribution in [1.29, 1.82) is 0 Å². The number of hydrogen-bond donors (Lipinski definition) is 0. The monoisotopic (exact) mass is 1110 g/mol. The van der Waals surface area contributed by atoms with Crippen LogP contribution in [-0.2, 0) is 28.6 Å². The molecule has 0 spiro atoms. The highest BCUT2D eigenvalue weighted by molar-refractivity contribution is 5.71. The number of hydrogen-bond acceptors (Lipinski definition) is 6. The van der Waals surface area contributed by atoms with E-state index in [2.05, 4.69) is 130 Å². The molecule has 0 radical (unpaired) electrons. The fourth-order valence-corrected chi connectivity index (χ4v) is 9.48. The molecule has 0 saturated heterocycles. The Balaban J connectivity index is 4.38. The first kappa shape index (κ1) is 76.1. The van der Waals surface area contributed by atoms with Gasteiger partial charge in [-0.1, -0.05) is 291 Å². The van der Waals surface area contributed by atoms with Crippen LogP contribution in [0.3, 0.4) is 0 Å². The topological polar surface area (TPSA) is 78.9 Å². The van der Waals surface area contributed by atoms with Crippen molar-refractivity contribution >= 4 is 17.9 Å². The van der Waals surface area contributed by atoms with E-state index in [0.717, 1.165) is 122 Å². The lowest BCUT2D eigenvalue weighted by Crippen LogP contribution is -2.30. The Morgan fingerprint density at radius 3 is 0.775 bits per heavy atom. The lowest BCUT2D eigenvalue weighted by atomic mass is 10.0. The molecule has 0 amide bonds. The number of ether oxygens (including phenoxy) is 3. The van der Waals surface area contributed by atoms with Crippen molar-refractivity contribution in [1.82, 2.24) is 0 Å². The van der Waals surface area contributed by atoms with E-state index in [1.165, 1.54) is 161 Å². The van der Waals surface area contributed by atoms with E-state index in [-0.39, 0.29) is 31.1 Å². The van der Waals surface area contributed by atoms with Gasteiger partial charge in [0.05, 0.1) is 0 Å². The SMILES string of the molecule is CC/C=C\C/C=C\C/C=C\C/C=C\CCCCCCCCCCCCCCC(=O)OCC(COC(=O)CCCCCCCCC/C=C\CCCCCCCCC)OC(=O)CCCCCCCC/C=C\C/C=C\C/C=C\C/C=C\CC. The van der Waals surface area contributed by atoms with Gasteiger partial charge >= 0.3 is 17.9 Å². The number of carbonyl (C=O) groups is 3. The Morgan fingerprint density at radius 1 is 0.263 bits per heavy atom. The molecule has 80 heavy (non-hydrogen) atoms. The fourth-order valence-electron chi connectivity index (χ4n) is 9.48. The van der Waals surface area contributed by atoms with E-state index in [1.807, 2.05) is 0 Å². The summed E-state index contributed by atoms with van der Waals surface area (Å²) >= 11 is 0. The molecule has 0 N–H and O–H groups in total. The first-order valence-electron chi connectivity index (χ1n) is 33.9. The summed E-state index contributed by atoms with van der Waals surface area (Å²) in [5, 5.41) is 0. The van der Waals surface area contributed by atoms with Gasteiger partial charge in [0, 0.05) is 19.3 Å². The fraction of sp³-hybridized carbons (Fsp3) is 0.716. The molecular formula is C74H126O6. The zero-order chi connectivity index (χ0) is 57.8. The maximum Gasteiger partial charge on any atom is 0.306 e. The third kappa shape index (κ3) is 64.9. The van der Waals surface area contributed by atoms with Gasteiger partial charge in [-0.05, 0) is 122 Å². The first-order valence-corrected chi connectivity index (χ1v) is 33.9. The summed E-state index contributed by atoms with van der Waals surface area (Å²) in [6.45, 7) is 6.43. The summed E-state index contributed by atoms with van der Waals surface area (Å²) < 4.78 is 17.0. The van der Waals surface area contributed by atoms with Crippen molar-refractivity contribution in [2.24, 2.45) is 0 Å². The largest absolute Gasteiger partial charge is 0.462 e. The molecule has 1 atom stereocenters. The number of allylic oxidation sites excluding steroid dienone is 18. The van der Waals surface area contributed by atoms with Crippen LogP contribution in [0.15, 0.2) is 109 Å². The minimum absolute atomic E-state index is 0.0859. The van der Waals surface area contributed by atoms with Crippen LogP contribution in [0.5, 0.6) is 0 Å². The quantitative estimate of drug-likeness (QED) is 0.0261. The average Bonchev–Trinajstić information content (AvgIpc) is 3.46. The summed E-state index contributed by atoms with van der Waals surface area (Å²) in [5.74, 6) is -0.894. The predicted octanol–water partition coefficient (Wildman–Crippen LogP) is 23.4. The first-order chi connectivity index (χ1) is 39.5. The predicted molar refractivity (Wildman–Crippen MR) is 348 cm³/mol. The Morgan fingerprint density at radius 2 is 0.487 bits per heavy atom. The molecule has 1 unspecified atom stereocenters. The number of esters is 3. The Kier molecular flexibility index (Phi) is 64.3. The van der Waals surface area contributed by atoms with Crippen molar-refractivity contribution in [2.45, 2.75) is 329 Å². The molecular weight excluding hydrogens is 985 g/mol. The van der Waals surface area contributed by atoms with E-state index in [9.17, 15) is 14.4 Å². The smallest absolute Gasteiger partial charge is 0.306 e. The molecule has 0 aliphatic carbocycles. The summed E-state index contributed by atoms with van der Waals surface area (Å²) in [4.78, 5) is 38.4. The van der Waals surface area contributed by atoms with Crippen molar-refractivity contribution in [2.75, 3.05) is 13.2 Å². The highest BCUT2D eigenvalue weighted by Gasteiger charge is 2.19. The number of carbonyl (C=O) groups excluding carboxylic acids is 3. The van der Waals surface area contributed by atoms with Gasteiger partial charge in [-0.2, -0.15) is 0 Å². The van der Waals surface area contributed by atoms with E-state index in [4.69, 9.17) is 14.2 Å². The highest BCUT2D eigenvalue weighted by atomic mass is 16.6. The van der Waals surface area contributed by atoms with E-state index < -0.39 is 6.10 Å². The summed E-state index contributed by atoms with van der Waals surface area (Å²) in [5.41, 5.74) is 0. The van der Waals surface area contributed by atoms with Gasteiger partial charge in [0.15, 0.2) is 6.10 Å². The second-order valence-corrected chi connectivity index (χ2v) is 22.3. The van der Waals surface area contributed by atoms with Crippen molar-refractivity contribution in [3.63, 3.8) is 0 Å². The minimum atomic E-state index is -0.792. The molecule has 0 aromatic rings. The average molecular weight is 1110 g/mol. The van der Waals surface area contributed by atoms with E-state index in [0.29, 0.717) is 19.3 Å². The molecule has 458 valence electrons. The molecule has 6 nitrogen and oxygen atoms in total. The van der Waals surface area contributed by atoms with Gasteiger partial charge in [0.2, 0.25) is 0 Å². The number of unbranched alkanes of at least 4 members (excludes halogenated alkanes) is 32. The maximum absolute atomic E-state index is 12.9. The van der Waals surface area contributed by atoms with Crippen LogP contribution in [0.1, 0.15) is 323 Å². The van der Waals surface area contributed by atoms with Crippen molar-refractivity contribution < 1.29 is 28.6 Å². The van der Waals surface area contributed by atoms with Gasteiger partial charge in [0.1, 0.15) is 13.2 Å². The zero-order valence-corrected chi connectivity index (χ0v) is 52.6. The second kappa shape index (κ2) is 67.6. The molecule has 0 heterocycles. The van der Waals surface area contributed by atoms with E-state index in [1.54, 1.807) is 0 Å². The van der Waals surface area contributed by atoms with Gasteiger partial charge < -0.3 is 14.2 Å².